The molecule has 0 radical (unpaired) electrons. The average molecular weight is 286 g/mol. The number of nitrogens with zero attached hydrogens (tertiary/aromatic N) is 1. The molecule has 6 nitrogen and oxygen atoms in total. The van der Waals surface area contributed by atoms with Crippen molar-refractivity contribution in [2.24, 2.45) is 5.92 Å². The molecule has 20 heavy (non-hydrogen) atoms. The first kappa shape index (κ1) is 16.8. The number of hydrogen-bond acceptors (Lipinski definition) is 3. The molecule has 2 N–H and O–H groups in total. The van der Waals surface area contributed by atoms with E-state index in [1.165, 1.54) is 0 Å². The van der Waals surface area contributed by atoms with Gasteiger partial charge in [0, 0.05) is 26.6 Å². The predicted octanol–water partition coefficient (Wildman–Crippen LogP) is 1.70. The van der Waals surface area contributed by atoms with Crippen LogP contribution in [0.25, 0.3) is 0 Å². The summed E-state index contributed by atoms with van der Waals surface area (Å²) in [5.41, 5.74) is -0.259. The highest BCUT2D eigenvalue weighted by Crippen LogP contribution is 2.23. The molecule has 2 atom stereocenters. The second-order valence-electron chi connectivity index (χ2n) is 5.90. The van der Waals surface area contributed by atoms with Gasteiger partial charge in [-0.05, 0) is 32.1 Å². The molecule has 116 valence electrons. The fourth-order valence-electron chi connectivity index (χ4n) is 2.39. The Morgan fingerprint density at radius 2 is 2.20 bits per heavy atom. The predicted molar refractivity (Wildman–Crippen MR) is 75.7 cm³/mol. The lowest BCUT2D eigenvalue weighted by molar-refractivity contribution is -0.137. The Morgan fingerprint density at radius 1 is 1.50 bits per heavy atom. The lowest BCUT2D eigenvalue weighted by Gasteiger charge is -2.39. The molecule has 1 saturated heterocycles. The van der Waals surface area contributed by atoms with Gasteiger partial charge >= 0.3 is 12.0 Å². The molecule has 0 aromatic heterocycles. The maximum absolute atomic E-state index is 12.1. The molecule has 0 aliphatic carbocycles. The van der Waals surface area contributed by atoms with Gasteiger partial charge in [-0.1, -0.05) is 6.92 Å². The molecule has 0 bridgehead atoms. The number of piperidine rings is 1. The molecule has 2 amide bonds. The van der Waals surface area contributed by atoms with Crippen LogP contribution in [0.2, 0.25) is 0 Å². The van der Waals surface area contributed by atoms with Crippen LogP contribution in [0.1, 0.15) is 39.5 Å². The fourth-order valence-corrected chi connectivity index (χ4v) is 2.39. The lowest BCUT2D eigenvalue weighted by Crippen LogP contribution is -2.53. The van der Waals surface area contributed by atoms with Crippen molar-refractivity contribution in [3.05, 3.63) is 0 Å². The second-order valence-corrected chi connectivity index (χ2v) is 5.90. The number of urea groups is 1. The first-order valence-corrected chi connectivity index (χ1v) is 7.16. The van der Waals surface area contributed by atoms with E-state index < -0.39 is 5.97 Å². The van der Waals surface area contributed by atoms with Gasteiger partial charge < -0.3 is 20.1 Å². The third kappa shape index (κ3) is 5.36. The number of carboxylic acid groups (broad SMARTS) is 1. The van der Waals surface area contributed by atoms with E-state index in [1.807, 2.05) is 13.8 Å². The summed E-state index contributed by atoms with van der Waals surface area (Å²) >= 11 is 0. The molecule has 0 aromatic carbocycles. The smallest absolute Gasteiger partial charge is 0.317 e. The van der Waals surface area contributed by atoms with E-state index in [2.05, 4.69) is 5.32 Å². The number of amides is 2. The van der Waals surface area contributed by atoms with Crippen LogP contribution in [-0.2, 0) is 9.53 Å². The van der Waals surface area contributed by atoms with Gasteiger partial charge in [0.25, 0.3) is 0 Å². The van der Waals surface area contributed by atoms with Crippen molar-refractivity contribution in [3.8, 4) is 0 Å². The van der Waals surface area contributed by atoms with E-state index in [4.69, 9.17) is 9.84 Å². The van der Waals surface area contributed by atoms with Crippen molar-refractivity contribution in [2.75, 3.05) is 26.7 Å². The Balaban J connectivity index is 2.33. The number of rotatable bonds is 6. The lowest BCUT2D eigenvalue weighted by atomic mass is 9.95. The number of hydrogen-bond donors (Lipinski definition) is 2. The topological polar surface area (TPSA) is 78.9 Å². The van der Waals surface area contributed by atoms with Crippen LogP contribution in [0, 0.1) is 5.92 Å². The average Bonchev–Trinajstić information content (AvgIpc) is 2.42. The van der Waals surface area contributed by atoms with Gasteiger partial charge in [0.05, 0.1) is 12.1 Å². The van der Waals surface area contributed by atoms with E-state index in [9.17, 15) is 9.59 Å². The quantitative estimate of drug-likeness (QED) is 0.779. The highest BCUT2D eigenvalue weighted by atomic mass is 16.5. The van der Waals surface area contributed by atoms with Gasteiger partial charge in [-0.25, -0.2) is 4.79 Å². The summed E-state index contributed by atoms with van der Waals surface area (Å²) in [5, 5.41) is 11.5. The summed E-state index contributed by atoms with van der Waals surface area (Å²) in [6.07, 6.45) is 2.61. The molecule has 1 aliphatic heterocycles. The number of aliphatic carboxylic acids is 1. The molecule has 0 spiro atoms. The van der Waals surface area contributed by atoms with Crippen molar-refractivity contribution in [1.29, 1.82) is 0 Å². The zero-order valence-electron chi connectivity index (χ0n) is 12.6. The maximum atomic E-state index is 12.1. The van der Waals surface area contributed by atoms with Crippen molar-refractivity contribution >= 4 is 12.0 Å². The van der Waals surface area contributed by atoms with Crippen molar-refractivity contribution < 1.29 is 19.4 Å². The summed E-state index contributed by atoms with van der Waals surface area (Å²) < 4.78 is 5.46. The number of ether oxygens (including phenoxy) is 1. The Kier molecular flexibility index (Phi) is 6.26. The van der Waals surface area contributed by atoms with Crippen LogP contribution >= 0.6 is 0 Å². The van der Waals surface area contributed by atoms with E-state index in [0.717, 1.165) is 19.4 Å². The highest BCUT2D eigenvalue weighted by Gasteiger charge is 2.32. The molecular weight excluding hydrogens is 260 g/mol. The highest BCUT2D eigenvalue weighted by molar-refractivity contribution is 5.74. The van der Waals surface area contributed by atoms with Gasteiger partial charge in [0.1, 0.15) is 0 Å². The second kappa shape index (κ2) is 7.47. The zero-order chi connectivity index (χ0) is 15.2. The largest absolute Gasteiger partial charge is 0.481 e. The number of carbonyl (C=O) groups is 2. The number of carboxylic acids is 1. The molecule has 0 saturated carbocycles. The third-order valence-corrected chi connectivity index (χ3v) is 3.89. The van der Waals surface area contributed by atoms with Crippen LogP contribution in [0.5, 0.6) is 0 Å². The molecule has 0 aromatic rings. The Hall–Kier alpha value is -1.30. The first-order chi connectivity index (χ1) is 9.36. The van der Waals surface area contributed by atoms with Crippen LogP contribution in [-0.4, -0.2) is 54.4 Å². The minimum atomic E-state index is -0.796. The molecule has 1 rings (SSSR count). The molecule has 1 heterocycles. The molecule has 6 heteroatoms. The monoisotopic (exact) mass is 286 g/mol. The minimum Gasteiger partial charge on any atom is -0.481 e. The minimum absolute atomic E-state index is 0.0878. The molecule has 2 unspecified atom stereocenters. The molecule has 1 aliphatic rings. The number of carbonyl (C=O) groups excluding carboxylic acids is 1. The van der Waals surface area contributed by atoms with Crippen molar-refractivity contribution in [3.63, 3.8) is 0 Å². The summed E-state index contributed by atoms with van der Waals surface area (Å²) in [6.45, 7) is 5.81. The van der Waals surface area contributed by atoms with E-state index in [0.29, 0.717) is 19.5 Å². The van der Waals surface area contributed by atoms with Crippen molar-refractivity contribution in [2.45, 2.75) is 45.1 Å². The van der Waals surface area contributed by atoms with E-state index in [1.54, 1.807) is 12.0 Å². The number of nitrogens with one attached hydrogen (secondary N) is 1. The van der Waals surface area contributed by atoms with Gasteiger partial charge in [-0.3, -0.25) is 4.79 Å². The van der Waals surface area contributed by atoms with E-state index >= 15 is 0 Å². The fraction of sp³-hybridized carbons (Fsp3) is 0.857. The zero-order valence-corrected chi connectivity index (χ0v) is 12.6. The standard InChI is InChI=1S/C14H26N2O4/c1-11(5-6-12(17)18)9-15-13(19)16-8-4-7-14(2,10-16)20-3/h11H,4-10H2,1-3H3,(H,15,19)(H,17,18). The normalized spacial score (nSPS) is 24.2. The summed E-state index contributed by atoms with van der Waals surface area (Å²) in [5.74, 6) is -0.635. The Morgan fingerprint density at radius 3 is 2.80 bits per heavy atom. The van der Waals surface area contributed by atoms with Gasteiger partial charge in [0.2, 0.25) is 0 Å². The SMILES string of the molecule is COC1(C)CCCN(C(=O)NCC(C)CCC(=O)O)C1. The number of methoxy groups -OCH3 is 1. The summed E-state index contributed by atoms with van der Waals surface area (Å²) in [7, 11) is 1.68. The van der Waals surface area contributed by atoms with Gasteiger partial charge in [-0.15, -0.1) is 0 Å². The van der Waals surface area contributed by atoms with Crippen molar-refractivity contribution in [1.82, 2.24) is 10.2 Å². The summed E-state index contributed by atoms with van der Waals surface area (Å²) in [6, 6.07) is -0.0878. The third-order valence-electron chi connectivity index (χ3n) is 3.89. The van der Waals surface area contributed by atoms with Crippen LogP contribution < -0.4 is 5.32 Å². The van der Waals surface area contributed by atoms with Crippen LogP contribution in [0.4, 0.5) is 4.79 Å². The van der Waals surface area contributed by atoms with E-state index in [-0.39, 0.29) is 24.0 Å². The summed E-state index contributed by atoms with van der Waals surface area (Å²) in [4.78, 5) is 24.3. The molecule has 1 fully saturated rings. The van der Waals surface area contributed by atoms with Crippen LogP contribution in [0.3, 0.4) is 0 Å². The first-order valence-electron chi connectivity index (χ1n) is 7.16. The van der Waals surface area contributed by atoms with Gasteiger partial charge in [0.15, 0.2) is 0 Å². The number of likely N-dealkylation sites (tertiary alicyclic amines) is 1. The van der Waals surface area contributed by atoms with Gasteiger partial charge in [-0.2, -0.15) is 0 Å². The van der Waals surface area contributed by atoms with Crippen LogP contribution in [0.15, 0.2) is 0 Å². The maximum Gasteiger partial charge on any atom is 0.317 e. The Labute approximate surface area is 120 Å². The Bertz CT molecular complexity index is 348. The molecular formula is C14H26N2O4.